The summed E-state index contributed by atoms with van der Waals surface area (Å²) >= 11 is 0. The summed E-state index contributed by atoms with van der Waals surface area (Å²) in [7, 11) is 0. The number of benzene rings is 1. The number of hydrogen-bond donors (Lipinski definition) is 2. The summed E-state index contributed by atoms with van der Waals surface area (Å²) < 4.78 is 1.79. The Hall–Kier alpha value is -3.16. The van der Waals surface area contributed by atoms with Crippen molar-refractivity contribution in [2.45, 2.75) is 25.4 Å². The maximum Gasteiger partial charge on any atom is 0.322 e. The maximum atomic E-state index is 12.9. The molecule has 4 rings (SSSR count). The third kappa shape index (κ3) is 2.63. The van der Waals surface area contributed by atoms with Gasteiger partial charge in [0.15, 0.2) is 0 Å². The van der Waals surface area contributed by atoms with Crippen molar-refractivity contribution in [3.05, 3.63) is 53.3 Å². The van der Waals surface area contributed by atoms with E-state index in [1.165, 1.54) is 0 Å². The molecule has 0 saturated carbocycles. The Bertz CT molecular complexity index is 891. The van der Waals surface area contributed by atoms with Gasteiger partial charge in [0.1, 0.15) is 5.54 Å². The maximum absolute atomic E-state index is 12.9. The van der Waals surface area contributed by atoms with Gasteiger partial charge in [-0.2, -0.15) is 5.10 Å². The van der Waals surface area contributed by atoms with E-state index in [1.807, 2.05) is 37.3 Å². The number of rotatable bonds is 3. The summed E-state index contributed by atoms with van der Waals surface area (Å²) in [5.41, 5.74) is 1.39. The lowest BCUT2D eigenvalue weighted by Gasteiger charge is -2.21. The molecule has 134 valence electrons. The molecule has 1 unspecified atom stereocenters. The van der Waals surface area contributed by atoms with Gasteiger partial charge in [0.25, 0.3) is 11.8 Å². The van der Waals surface area contributed by atoms with Gasteiger partial charge in [0.05, 0.1) is 24.8 Å². The molecular weight excluding hydrogens is 334 g/mol. The van der Waals surface area contributed by atoms with Crippen LogP contribution in [0.5, 0.6) is 0 Å². The fraction of sp³-hybridized carbons (Fsp3) is 0.333. The number of nitrogens with zero attached hydrogens (tertiary/aromatic N) is 3. The molecular formula is C18H19N5O3. The minimum Gasteiger partial charge on any atom is -0.336 e. The van der Waals surface area contributed by atoms with E-state index in [2.05, 4.69) is 15.7 Å². The van der Waals surface area contributed by atoms with Crippen LogP contribution in [-0.2, 0) is 11.3 Å². The van der Waals surface area contributed by atoms with Crippen molar-refractivity contribution in [3.63, 3.8) is 0 Å². The highest BCUT2D eigenvalue weighted by Gasteiger charge is 2.51. The van der Waals surface area contributed by atoms with Gasteiger partial charge in [-0.3, -0.25) is 19.6 Å². The van der Waals surface area contributed by atoms with Crippen molar-refractivity contribution in [2.24, 2.45) is 0 Å². The Balaban J connectivity index is 1.51. The van der Waals surface area contributed by atoms with Crippen LogP contribution in [0.15, 0.2) is 36.5 Å². The number of hydrogen-bond acceptors (Lipinski definition) is 4. The highest BCUT2D eigenvalue weighted by molar-refractivity contribution is 6.08. The lowest BCUT2D eigenvalue weighted by molar-refractivity contribution is -0.123. The molecule has 2 aliphatic heterocycles. The number of amides is 4. The van der Waals surface area contributed by atoms with Crippen LogP contribution in [-0.4, -0.2) is 51.2 Å². The van der Waals surface area contributed by atoms with Gasteiger partial charge in [-0.25, -0.2) is 4.79 Å². The Kier molecular flexibility index (Phi) is 3.75. The second kappa shape index (κ2) is 5.98. The van der Waals surface area contributed by atoms with E-state index in [0.717, 1.165) is 11.3 Å². The molecule has 1 spiro atoms. The van der Waals surface area contributed by atoms with E-state index in [9.17, 15) is 14.4 Å². The van der Waals surface area contributed by atoms with Gasteiger partial charge < -0.3 is 10.2 Å². The number of carbonyl (C=O) groups excluding carboxylic acids is 3. The molecule has 0 radical (unpaired) electrons. The van der Waals surface area contributed by atoms with Crippen molar-refractivity contribution in [1.82, 2.24) is 25.3 Å². The fourth-order valence-corrected chi connectivity index (χ4v) is 3.54. The summed E-state index contributed by atoms with van der Waals surface area (Å²) in [6, 6.07) is 9.39. The standard InChI is InChI=1S/C18H19N5O3/c1-12-14(9-19-23(12)10-13-5-3-2-4-6-13)15(24)22-8-7-18(11-22)16(25)20-17(26)21-18/h2-6,9H,7-8,10-11H2,1H3,(H2,20,21,25,26). The van der Waals surface area contributed by atoms with Gasteiger partial charge in [-0.15, -0.1) is 0 Å². The highest BCUT2D eigenvalue weighted by Crippen LogP contribution is 2.26. The summed E-state index contributed by atoms with van der Waals surface area (Å²) in [4.78, 5) is 38.0. The Morgan fingerprint density at radius 3 is 2.73 bits per heavy atom. The van der Waals surface area contributed by atoms with Crippen LogP contribution in [0.1, 0.15) is 28.0 Å². The van der Waals surface area contributed by atoms with Crippen molar-refractivity contribution in [3.8, 4) is 0 Å². The number of imide groups is 1. The fourth-order valence-electron chi connectivity index (χ4n) is 3.54. The topological polar surface area (TPSA) is 96.3 Å². The first-order chi connectivity index (χ1) is 12.5. The first-order valence-corrected chi connectivity index (χ1v) is 8.48. The van der Waals surface area contributed by atoms with Gasteiger partial charge in [0, 0.05) is 12.2 Å². The number of likely N-dealkylation sites (tertiary alicyclic amines) is 1. The molecule has 2 aromatic rings. The first-order valence-electron chi connectivity index (χ1n) is 8.48. The van der Waals surface area contributed by atoms with E-state index in [4.69, 9.17) is 0 Å². The van der Waals surface area contributed by atoms with Gasteiger partial charge in [-0.1, -0.05) is 30.3 Å². The summed E-state index contributed by atoms with van der Waals surface area (Å²) in [5.74, 6) is -0.540. The molecule has 2 fully saturated rings. The third-order valence-corrected chi connectivity index (χ3v) is 5.08. The average molecular weight is 353 g/mol. The highest BCUT2D eigenvalue weighted by atomic mass is 16.2. The van der Waals surface area contributed by atoms with Crippen LogP contribution >= 0.6 is 0 Å². The zero-order chi connectivity index (χ0) is 18.3. The lowest BCUT2D eigenvalue weighted by Crippen LogP contribution is -2.49. The smallest absolute Gasteiger partial charge is 0.322 e. The predicted octanol–water partition coefficient (Wildman–Crippen LogP) is 0.664. The molecule has 1 atom stereocenters. The molecule has 2 saturated heterocycles. The van der Waals surface area contributed by atoms with Crippen molar-refractivity contribution < 1.29 is 14.4 Å². The van der Waals surface area contributed by atoms with Crippen LogP contribution in [0.3, 0.4) is 0 Å². The minimum atomic E-state index is -0.999. The number of nitrogens with one attached hydrogen (secondary N) is 2. The Morgan fingerprint density at radius 2 is 2.04 bits per heavy atom. The van der Waals surface area contributed by atoms with Gasteiger partial charge in [-0.05, 0) is 18.9 Å². The normalized spacial score (nSPS) is 22.0. The third-order valence-electron chi connectivity index (χ3n) is 5.08. The van der Waals surface area contributed by atoms with Crippen molar-refractivity contribution >= 4 is 17.8 Å². The molecule has 0 bridgehead atoms. The van der Waals surface area contributed by atoms with Crippen LogP contribution in [0.25, 0.3) is 0 Å². The molecule has 1 aromatic heterocycles. The zero-order valence-electron chi connectivity index (χ0n) is 14.4. The van der Waals surface area contributed by atoms with E-state index < -0.39 is 11.6 Å². The van der Waals surface area contributed by atoms with Crippen LogP contribution < -0.4 is 10.6 Å². The molecule has 1 aromatic carbocycles. The van der Waals surface area contributed by atoms with Gasteiger partial charge >= 0.3 is 6.03 Å². The van der Waals surface area contributed by atoms with E-state index in [-0.39, 0.29) is 18.4 Å². The van der Waals surface area contributed by atoms with E-state index >= 15 is 0 Å². The van der Waals surface area contributed by atoms with E-state index in [1.54, 1.807) is 15.8 Å². The van der Waals surface area contributed by atoms with Crippen molar-refractivity contribution in [2.75, 3.05) is 13.1 Å². The summed E-state index contributed by atoms with van der Waals surface area (Å²) in [6.45, 7) is 3.03. The average Bonchev–Trinajstić information content (AvgIpc) is 3.28. The van der Waals surface area contributed by atoms with E-state index in [0.29, 0.717) is 25.1 Å². The largest absolute Gasteiger partial charge is 0.336 e. The monoisotopic (exact) mass is 353 g/mol. The number of urea groups is 1. The predicted molar refractivity (Wildman–Crippen MR) is 92.4 cm³/mol. The lowest BCUT2D eigenvalue weighted by atomic mass is 9.99. The second-order valence-electron chi connectivity index (χ2n) is 6.75. The first kappa shape index (κ1) is 16.3. The molecule has 2 aliphatic rings. The SMILES string of the molecule is Cc1c(C(=O)N2CCC3(C2)NC(=O)NC3=O)cnn1Cc1ccccc1. The minimum absolute atomic E-state index is 0.173. The number of carbonyl (C=O) groups is 3. The Morgan fingerprint density at radius 1 is 1.27 bits per heavy atom. The molecule has 8 nitrogen and oxygen atoms in total. The van der Waals surface area contributed by atoms with Crippen LogP contribution in [0.2, 0.25) is 0 Å². The van der Waals surface area contributed by atoms with Crippen LogP contribution in [0, 0.1) is 6.92 Å². The zero-order valence-corrected chi connectivity index (χ0v) is 14.4. The summed E-state index contributed by atoms with van der Waals surface area (Å²) in [6.07, 6.45) is 1.98. The number of aromatic nitrogens is 2. The molecule has 26 heavy (non-hydrogen) atoms. The summed E-state index contributed by atoms with van der Waals surface area (Å²) in [5, 5.41) is 9.24. The molecule has 2 N–H and O–H groups in total. The van der Waals surface area contributed by atoms with Crippen molar-refractivity contribution in [1.29, 1.82) is 0 Å². The second-order valence-corrected chi connectivity index (χ2v) is 6.75. The van der Waals surface area contributed by atoms with Crippen LogP contribution in [0.4, 0.5) is 4.79 Å². The van der Waals surface area contributed by atoms with Gasteiger partial charge in [0.2, 0.25) is 0 Å². The Labute approximate surface area is 150 Å². The molecule has 8 heteroatoms. The molecule has 3 heterocycles. The molecule has 0 aliphatic carbocycles. The molecule has 4 amide bonds. The quantitative estimate of drug-likeness (QED) is 0.793.